The Hall–Kier alpha value is -3.00. The van der Waals surface area contributed by atoms with Gasteiger partial charge in [-0.2, -0.15) is 0 Å². The lowest BCUT2D eigenvalue weighted by molar-refractivity contribution is -0.121. The van der Waals surface area contributed by atoms with E-state index in [9.17, 15) is 9.59 Å². The van der Waals surface area contributed by atoms with Crippen LogP contribution in [0.3, 0.4) is 0 Å². The normalized spacial score (nSPS) is 19.2. The van der Waals surface area contributed by atoms with E-state index in [2.05, 4.69) is 70.5 Å². The van der Waals surface area contributed by atoms with E-state index in [-0.39, 0.29) is 17.2 Å². The molecule has 1 unspecified atom stereocenters. The Balaban J connectivity index is 1.34. The predicted octanol–water partition coefficient (Wildman–Crippen LogP) is 3.90. The molecule has 2 aliphatic heterocycles. The lowest BCUT2D eigenvalue weighted by atomic mass is 9.87. The van der Waals surface area contributed by atoms with Crippen molar-refractivity contribution < 1.29 is 9.59 Å². The summed E-state index contributed by atoms with van der Waals surface area (Å²) in [5.41, 5.74) is 3.85. The standard InChI is InChI=1S/C29H42N6O2/c1-20-26(32-19-33-27(20)31-18-21-8-10-22(11-9-21)29(2,3)4)28(37)34-15-12-23(13-16-34)35-14-6-7-24(35)17-25(36)30-5/h8-11,19,23-24H,6-7,12-18H2,1-5H3,(H,30,36)(H,31,32,33). The van der Waals surface area contributed by atoms with Crippen LogP contribution in [0.5, 0.6) is 0 Å². The van der Waals surface area contributed by atoms with Crippen LogP contribution in [0.4, 0.5) is 5.82 Å². The highest BCUT2D eigenvalue weighted by atomic mass is 16.2. The zero-order valence-electron chi connectivity index (χ0n) is 23.0. The van der Waals surface area contributed by atoms with Gasteiger partial charge in [0.1, 0.15) is 17.8 Å². The van der Waals surface area contributed by atoms with E-state index in [0.29, 0.717) is 49.7 Å². The number of benzene rings is 1. The van der Waals surface area contributed by atoms with Gasteiger partial charge < -0.3 is 15.5 Å². The maximum atomic E-state index is 13.4. The number of hydrogen-bond donors (Lipinski definition) is 2. The molecule has 2 aromatic rings. The van der Waals surface area contributed by atoms with Crippen LogP contribution in [-0.2, 0) is 16.8 Å². The molecule has 2 amide bonds. The van der Waals surface area contributed by atoms with Gasteiger partial charge in [0.2, 0.25) is 5.91 Å². The first kappa shape index (κ1) is 27.0. The molecular formula is C29H42N6O2. The van der Waals surface area contributed by atoms with E-state index in [0.717, 1.165) is 43.4 Å². The monoisotopic (exact) mass is 506 g/mol. The van der Waals surface area contributed by atoms with Crippen molar-refractivity contribution in [1.82, 2.24) is 25.1 Å². The van der Waals surface area contributed by atoms with Gasteiger partial charge in [-0.1, -0.05) is 45.0 Å². The van der Waals surface area contributed by atoms with Gasteiger partial charge in [0.25, 0.3) is 5.91 Å². The zero-order chi connectivity index (χ0) is 26.6. The summed E-state index contributed by atoms with van der Waals surface area (Å²) < 4.78 is 0. The highest BCUT2D eigenvalue weighted by Crippen LogP contribution is 2.29. The number of nitrogens with one attached hydrogen (secondary N) is 2. The van der Waals surface area contributed by atoms with Crippen molar-refractivity contribution in [2.24, 2.45) is 0 Å². The lowest BCUT2D eigenvalue weighted by Crippen LogP contribution is -2.49. The quantitative estimate of drug-likeness (QED) is 0.592. The molecule has 1 aromatic heterocycles. The molecule has 0 saturated carbocycles. The summed E-state index contributed by atoms with van der Waals surface area (Å²) in [6.45, 7) is 11.6. The number of likely N-dealkylation sites (tertiary alicyclic amines) is 2. The lowest BCUT2D eigenvalue weighted by Gasteiger charge is -2.39. The molecule has 4 rings (SSSR count). The third-order valence-corrected chi connectivity index (χ3v) is 7.91. The van der Waals surface area contributed by atoms with Crippen LogP contribution in [0.25, 0.3) is 0 Å². The highest BCUT2D eigenvalue weighted by Gasteiger charge is 2.35. The minimum Gasteiger partial charge on any atom is -0.366 e. The van der Waals surface area contributed by atoms with Crippen LogP contribution < -0.4 is 10.6 Å². The summed E-state index contributed by atoms with van der Waals surface area (Å²) in [6.07, 6.45) is 6.10. The number of carbonyl (C=O) groups excluding carboxylic acids is 2. The van der Waals surface area contributed by atoms with E-state index < -0.39 is 0 Å². The van der Waals surface area contributed by atoms with Crippen LogP contribution in [0.2, 0.25) is 0 Å². The molecule has 2 N–H and O–H groups in total. The van der Waals surface area contributed by atoms with Crippen molar-refractivity contribution in [3.05, 3.63) is 53.0 Å². The average molecular weight is 507 g/mol. The summed E-state index contributed by atoms with van der Waals surface area (Å²) in [6, 6.07) is 9.36. The third-order valence-electron chi connectivity index (χ3n) is 7.91. The fraction of sp³-hybridized carbons (Fsp3) is 0.586. The van der Waals surface area contributed by atoms with Gasteiger partial charge in [0.15, 0.2) is 0 Å². The molecule has 37 heavy (non-hydrogen) atoms. The molecule has 3 heterocycles. The second-order valence-electron chi connectivity index (χ2n) is 11.4. The molecule has 1 atom stereocenters. The van der Waals surface area contributed by atoms with Crippen LogP contribution >= 0.6 is 0 Å². The smallest absolute Gasteiger partial charge is 0.272 e. The largest absolute Gasteiger partial charge is 0.366 e. The maximum absolute atomic E-state index is 13.4. The number of hydrogen-bond acceptors (Lipinski definition) is 6. The summed E-state index contributed by atoms with van der Waals surface area (Å²) >= 11 is 0. The molecule has 8 heteroatoms. The molecule has 200 valence electrons. The summed E-state index contributed by atoms with van der Waals surface area (Å²) in [4.78, 5) is 38.5. The first-order valence-electron chi connectivity index (χ1n) is 13.6. The number of amides is 2. The van der Waals surface area contributed by atoms with Crippen molar-refractivity contribution in [3.8, 4) is 0 Å². The van der Waals surface area contributed by atoms with Gasteiger partial charge in [-0.3, -0.25) is 14.5 Å². The van der Waals surface area contributed by atoms with E-state index >= 15 is 0 Å². The number of piperidine rings is 1. The number of carbonyl (C=O) groups is 2. The van der Waals surface area contributed by atoms with Gasteiger partial charge in [0.05, 0.1) is 0 Å². The summed E-state index contributed by atoms with van der Waals surface area (Å²) in [5, 5.41) is 6.15. The average Bonchev–Trinajstić information content (AvgIpc) is 3.35. The molecule has 0 bridgehead atoms. The van der Waals surface area contributed by atoms with Gasteiger partial charge in [-0.25, -0.2) is 9.97 Å². The van der Waals surface area contributed by atoms with Gasteiger partial charge in [-0.15, -0.1) is 0 Å². The number of rotatable bonds is 7. The van der Waals surface area contributed by atoms with Crippen molar-refractivity contribution in [2.45, 2.75) is 83.8 Å². The fourth-order valence-electron chi connectivity index (χ4n) is 5.58. The van der Waals surface area contributed by atoms with Gasteiger partial charge in [0, 0.05) is 50.7 Å². The van der Waals surface area contributed by atoms with Crippen LogP contribution in [0.1, 0.15) is 80.1 Å². The molecule has 2 fully saturated rings. The molecule has 2 aliphatic rings. The molecule has 0 spiro atoms. The second-order valence-corrected chi connectivity index (χ2v) is 11.4. The maximum Gasteiger partial charge on any atom is 0.272 e. The molecule has 2 saturated heterocycles. The number of nitrogens with zero attached hydrogens (tertiary/aromatic N) is 4. The van der Waals surface area contributed by atoms with Crippen molar-refractivity contribution in [3.63, 3.8) is 0 Å². The molecule has 0 aliphatic carbocycles. The summed E-state index contributed by atoms with van der Waals surface area (Å²) in [7, 11) is 1.70. The van der Waals surface area contributed by atoms with E-state index in [4.69, 9.17) is 0 Å². The minimum absolute atomic E-state index is 0.0285. The Bertz CT molecular complexity index is 1090. The molecule has 0 radical (unpaired) electrons. The summed E-state index contributed by atoms with van der Waals surface area (Å²) in [5.74, 6) is 0.775. The Kier molecular flexibility index (Phi) is 8.47. The van der Waals surface area contributed by atoms with Crippen LogP contribution in [0.15, 0.2) is 30.6 Å². The Labute approximate surface area is 221 Å². The SMILES string of the molecule is CNC(=O)CC1CCCN1C1CCN(C(=O)c2ncnc(NCc3ccc(C(C)(C)C)cc3)c2C)CC1. The zero-order valence-corrected chi connectivity index (χ0v) is 23.0. The van der Waals surface area contributed by atoms with Gasteiger partial charge in [-0.05, 0) is 55.7 Å². The van der Waals surface area contributed by atoms with Crippen molar-refractivity contribution in [1.29, 1.82) is 0 Å². The Morgan fingerprint density at radius 1 is 1.03 bits per heavy atom. The van der Waals surface area contributed by atoms with Crippen LogP contribution in [-0.4, -0.2) is 70.3 Å². The number of anilines is 1. The fourth-order valence-corrected chi connectivity index (χ4v) is 5.58. The number of aromatic nitrogens is 2. The van der Waals surface area contributed by atoms with Crippen molar-refractivity contribution >= 4 is 17.6 Å². The van der Waals surface area contributed by atoms with Crippen LogP contribution in [0, 0.1) is 6.92 Å². The molecular weight excluding hydrogens is 464 g/mol. The first-order chi connectivity index (χ1) is 17.7. The Morgan fingerprint density at radius 3 is 2.38 bits per heavy atom. The first-order valence-corrected chi connectivity index (χ1v) is 13.6. The van der Waals surface area contributed by atoms with E-state index in [1.54, 1.807) is 7.05 Å². The molecule has 1 aromatic carbocycles. The topological polar surface area (TPSA) is 90.5 Å². The van der Waals surface area contributed by atoms with Gasteiger partial charge >= 0.3 is 0 Å². The molecule has 8 nitrogen and oxygen atoms in total. The third kappa shape index (κ3) is 6.47. The minimum atomic E-state index is -0.0285. The van der Waals surface area contributed by atoms with E-state index in [1.165, 1.54) is 11.9 Å². The van der Waals surface area contributed by atoms with E-state index in [1.807, 2.05) is 11.8 Å². The highest BCUT2D eigenvalue weighted by molar-refractivity contribution is 5.94. The predicted molar refractivity (Wildman–Crippen MR) is 147 cm³/mol. The Morgan fingerprint density at radius 2 is 1.73 bits per heavy atom. The second kappa shape index (κ2) is 11.6. The van der Waals surface area contributed by atoms with Crippen molar-refractivity contribution in [2.75, 3.05) is 32.0 Å².